The third-order valence-corrected chi connectivity index (χ3v) is 5.71. The van der Waals surface area contributed by atoms with Crippen LogP contribution in [0.1, 0.15) is 32.5 Å². The number of para-hydroxylation sites is 1. The summed E-state index contributed by atoms with van der Waals surface area (Å²) in [6, 6.07) is 16.1. The van der Waals surface area contributed by atoms with Crippen LogP contribution in [0.2, 0.25) is 5.02 Å². The highest BCUT2D eigenvalue weighted by Gasteiger charge is 2.25. The molecule has 0 bridgehead atoms. The van der Waals surface area contributed by atoms with Gasteiger partial charge in [0.05, 0.1) is 0 Å². The molecule has 2 heterocycles. The molecule has 1 unspecified atom stereocenters. The number of Topliss-reactive ketones (excluding diaryl/α,β-unsaturated/α-hetero) is 1. The van der Waals surface area contributed by atoms with E-state index in [0.29, 0.717) is 22.1 Å². The minimum absolute atomic E-state index is 0.291. The lowest BCUT2D eigenvalue weighted by Gasteiger charge is -2.16. The van der Waals surface area contributed by atoms with Gasteiger partial charge in [0.15, 0.2) is 6.10 Å². The molecule has 1 atom stereocenters. The topological polar surface area (TPSA) is 52.6 Å². The summed E-state index contributed by atoms with van der Waals surface area (Å²) < 4.78 is 11.1. The summed E-state index contributed by atoms with van der Waals surface area (Å²) in [5.74, 6) is -0.00752. The Morgan fingerprint density at radius 1 is 1.15 bits per heavy atom. The smallest absolute Gasteiger partial charge is 0.349 e. The van der Waals surface area contributed by atoms with E-state index in [1.165, 1.54) is 11.3 Å². The molecule has 27 heavy (non-hydrogen) atoms. The van der Waals surface area contributed by atoms with Gasteiger partial charge in [0.25, 0.3) is 0 Å². The Bertz CT molecular complexity index is 1040. The Labute approximate surface area is 165 Å². The summed E-state index contributed by atoms with van der Waals surface area (Å²) in [6.07, 6.45) is -0.904. The average Bonchev–Trinajstić information content (AvgIpc) is 3.12. The second-order valence-electron chi connectivity index (χ2n) is 6.17. The van der Waals surface area contributed by atoms with Gasteiger partial charge in [-0.3, -0.25) is 4.79 Å². The molecular formula is C21H15ClO4S. The van der Waals surface area contributed by atoms with Crippen LogP contribution in [0, 0.1) is 0 Å². The van der Waals surface area contributed by atoms with Crippen molar-refractivity contribution in [2.45, 2.75) is 19.6 Å². The highest BCUT2D eigenvalue weighted by Crippen LogP contribution is 2.42. The van der Waals surface area contributed by atoms with Crippen LogP contribution in [0.5, 0.6) is 5.75 Å². The molecule has 0 radical (unpaired) electrons. The van der Waals surface area contributed by atoms with Crippen molar-refractivity contribution >= 4 is 34.7 Å². The van der Waals surface area contributed by atoms with Gasteiger partial charge in [0.1, 0.15) is 17.2 Å². The zero-order valence-corrected chi connectivity index (χ0v) is 16.0. The molecule has 0 N–H and O–H groups in total. The molecule has 0 spiro atoms. The van der Waals surface area contributed by atoms with E-state index in [1.54, 1.807) is 37.3 Å². The van der Waals surface area contributed by atoms with Crippen molar-refractivity contribution in [1.82, 2.24) is 0 Å². The number of ketones is 1. The molecule has 3 aromatic rings. The van der Waals surface area contributed by atoms with Crippen LogP contribution in [-0.2, 0) is 11.3 Å². The molecule has 0 saturated carbocycles. The Kier molecular flexibility index (Phi) is 4.72. The lowest BCUT2D eigenvalue weighted by molar-refractivity contribution is 0.0323. The van der Waals surface area contributed by atoms with Gasteiger partial charge in [-0.2, -0.15) is 0 Å². The third-order valence-electron chi connectivity index (χ3n) is 4.29. The fraction of sp³-hybridized carbons (Fsp3) is 0.143. The minimum Gasteiger partial charge on any atom is -0.488 e. The van der Waals surface area contributed by atoms with E-state index in [0.717, 1.165) is 21.8 Å². The first kappa shape index (κ1) is 17.8. The van der Waals surface area contributed by atoms with Crippen molar-refractivity contribution in [2.24, 2.45) is 0 Å². The standard InChI is InChI=1S/C21H15ClO4S/c1-12(19(23)13-5-4-6-15(22)9-13)26-21(24)18-10-14-11-25-17-8-3-2-7-16(17)20(14)27-18/h2-10,12H,11H2,1H3. The second-order valence-corrected chi connectivity index (χ2v) is 7.66. The van der Waals surface area contributed by atoms with Crippen LogP contribution in [0.25, 0.3) is 10.4 Å². The van der Waals surface area contributed by atoms with Crippen LogP contribution < -0.4 is 4.74 Å². The molecule has 0 fully saturated rings. The molecule has 4 nitrogen and oxygen atoms in total. The van der Waals surface area contributed by atoms with E-state index in [1.807, 2.05) is 24.3 Å². The molecule has 0 amide bonds. The monoisotopic (exact) mass is 398 g/mol. The molecule has 1 aromatic heterocycles. The minimum atomic E-state index is -0.904. The lowest BCUT2D eigenvalue weighted by Crippen LogP contribution is -2.24. The molecule has 0 saturated heterocycles. The maximum Gasteiger partial charge on any atom is 0.349 e. The van der Waals surface area contributed by atoms with Crippen LogP contribution in [0.4, 0.5) is 0 Å². The van der Waals surface area contributed by atoms with Gasteiger partial charge in [0.2, 0.25) is 5.78 Å². The van der Waals surface area contributed by atoms with Gasteiger partial charge in [0, 0.05) is 26.6 Å². The molecule has 4 rings (SSSR count). The second kappa shape index (κ2) is 7.18. The van der Waals surface area contributed by atoms with E-state index in [9.17, 15) is 9.59 Å². The van der Waals surface area contributed by atoms with E-state index in [4.69, 9.17) is 21.1 Å². The number of hydrogen-bond acceptors (Lipinski definition) is 5. The summed E-state index contributed by atoms with van der Waals surface area (Å²) in [7, 11) is 0. The van der Waals surface area contributed by atoms with Crippen molar-refractivity contribution in [3.8, 4) is 16.2 Å². The molecule has 136 valence electrons. The Hall–Kier alpha value is -2.63. The lowest BCUT2D eigenvalue weighted by atomic mass is 10.1. The van der Waals surface area contributed by atoms with Crippen molar-refractivity contribution < 1.29 is 19.1 Å². The Morgan fingerprint density at radius 3 is 2.78 bits per heavy atom. The molecule has 2 aromatic carbocycles. The fourth-order valence-corrected chi connectivity index (χ4v) is 4.22. The average molecular weight is 399 g/mol. The highest BCUT2D eigenvalue weighted by molar-refractivity contribution is 7.17. The third kappa shape index (κ3) is 3.48. The summed E-state index contributed by atoms with van der Waals surface area (Å²) in [5.41, 5.74) is 2.32. The van der Waals surface area contributed by atoms with Gasteiger partial charge in [-0.1, -0.05) is 35.9 Å². The van der Waals surface area contributed by atoms with Gasteiger partial charge in [-0.25, -0.2) is 4.79 Å². The van der Waals surface area contributed by atoms with E-state index in [-0.39, 0.29) is 5.78 Å². The van der Waals surface area contributed by atoms with Crippen molar-refractivity contribution in [3.63, 3.8) is 0 Å². The zero-order chi connectivity index (χ0) is 19.0. The molecular weight excluding hydrogens is 384 g/mol. The largest absolute Gasteiger partial charge is 0.488 e. The first-order valence-corrected chi connectivity index (χ1v) is 9.58. The summed E-state index contributed by atoms with van der Waals surface area (Å²) in [6.45, 7) is 1.97. The number of carbonyl (C=O) groups excluding carboxylic acids is 2. The quantitative estimate of drug-likeness (QED) is 0.436. The normalized spacial score (nSPS) is 13.1. The van der Waals surface area contributed by atoms with Gasteiger partial charge < -0.3 is 9.47 Å². The summed E-state index contributed by atoms with van der Waals surface area (Å²) >= 11 is 7.28. The first-order valence-electron chi connectivity index (χ1n) is 8.38. The number of esters is 1. The zero-order valence-electron chi connectivity index (χ0n) is 14.4. The number of halogens is 1. The van der Waals surface area contributed by atoms with E-state index in [2.05, 4.69) is 0 Å². The van der Waals surface area contributed by atoms with E-state index >= 15 is 0 Å². The number of thiophene rings is 1. The van der Waals surface area contributed by atoms with Gasteiger partial charge >= 0.3 is 5.97 Å². The number of hydrogen-bond donors (Lipinski definition) is 0. The summed E-state index contributed by atoms with van der Waals surface area (Å²) in [4.78, 5) is 26.5. The number of rotatable bonds is 4. The number of ether oxygens (including phenoxy) is 2. The van der Waals surface area contributed by atoms with Crippen molar-refractivity contribution in [1.29, 1.82) is 0 Å². The number of carbonyl (C=O) groups is 2. The molecule has 6 heteroatoms. The predicted octanol–water partition coefficient (Wildman–Crippen LogP) is 5.39. The van der Waals surface area contributed by atoms with Crippen molar-refractivity contribution in [3.05, 3.63) is 75.6 Å². The van der Waals surface area contributed by atoms with Crippen LogP contribution in [0.3, 0.4) is 0 Å². The number of fused-ring (bicyclic) bond motifs is 3. The van der Waals surface area contributed by atoms with Gasteiger partial charge in [-0.15, -0.1) is 11.3 Å². The van der Waals surface area contributed by atoms with Crippen molar-refractivity contribution in [2.75, 3.05) is 0 Å². The predicted molar refractivity (Wildman–Crippen MR) is 105 cm³/mol. The van der Waals surface area contributed by atoms with Crippen LogP contribution in [-0.4, -0.2) is 17.9 Å². The maximum absolute atomic E-state index is 12.6. The fourth-order valence-electron chi connectivity index (χ4n) is 2.95. The maximum atomic E-state index is 12.6. The van der Waals surface area contributed by atoms with Crippen LogP contribution in [0.15, 0.2) is 54.6 Å². The molecule has 0 aliphatic carbocycles. The first-order chi connectivity index (χ1) is 13.0. The highest BCUT2D eigenvalue weighted by atomic mass is 35.5. The van der Waals surface area contributed by atoms with E-state index < -0.39 is 12.1 Å². The Morgan fingerprint density at radius 2 is 1.96 bits per heavy atom. The van der Waals surface area contributed by atoms with Crippen LogP contribution >= 0.6 is 22.9 Å². The summed E-state index contributed by atoms with van der Waals surface area (Å²) in [5, 5.41) is 0.462. The molecule has 1 aliphatic rings. The molecule has 1 aliphatic heterocycles. The van der Waals surface area contributed by atoms with Gasteiger partial charge in [-0.05, 0) is 37.3 Å². The SMILES string of the molecule is CC(OC(=O)c1cc2c(s1)-c1ccccc1OC2)C(=O)c1cccc(Cl)c1. The Balaban J connectivity index is 1.53. The number of benzene rings is 2.